The van der Waals surface area contributed by atoms with Crippen LogP contribution in [0.1, 0.15) is 47.7 Å². The van der Waals surface area contributed by atoms with Crippen LogP contribution in [0.15, 0.2) is 58.5 Å². The lowest BCUT2D eigenvalue weighted by molar-refractivity contribution is 0.0696. The zero-order chi connectivity index (χ0) is 18.4. The molecule has 0 amide bonds. The number of benzene rings is 2. The molecule has 0 aromatic heterocycles. The van der Waals surface area contributed by atoms with Crippen LogP contribution in [0.5, 0.6) is 0 Å². The summed E-state index contributed by atoms with van der Waals surface area (Å²) >= 11 is 0. The Hall–Kier alpha value is -2.67. The molecule has 0 saturated heterocycles. The Labute approximate surface area is 147 Å². The van der Waals surface area contributed by atoms with Gasteiger partial charge in [-0.05, 0) is 36.1 Å². The molecule has 0 spiro atoms. The Morgan fingerprint density at radius 1 is 1.20 bits per heavy atom. The van der Waals surface area contributed by atoms with Crippen LogP contribution in [0.25, 0.3) is 0 Å². The summed E-state index contributed by atoms with van der Waals surface area (Å²) in [4.78, 5) is 13.3. The van der Waals surface area contributed by atoms with E-state index in [0.717, 1.165) is 12.0 Å². The molecule has 25 heavy (non-hydrogen) atoms. The minimum atomic E-state index is -3.81. The van der Waals surface area contributed by atoms with E-state index in [1.54, 1.807) is 30.3 Å². The van der Waals surface area contributed by atoms with Crippen molar-refractivity contribution < 1.29 is 18.3 Å². The lowest BCUT2D eigenvalue weighted by Gasteiger charge is -2.10. The third-order valence-corrected chi connectivity index (χ3v) is 5.18. The molecule has 0 bridgehead atoms. The fourth-order valence-electron chi connectivity index (χ4n) is 2.23. The molecular weight excluding hydrogens is 340 g/mol. The van der Waals surface area contributed by atoms with Crippen LogP contribution in [0.2, 0.25) is 0 Å². The van der Waals surface area contributed by atoms with Gasteiger partial charge in [-0.1, -0.05) is 44.2 Å². The van der Waals surface area contributed by atoms with Crippen LogP contribution in [0.4, 0.5) is 0 Å². The summed E-state index contributed by atoms with van der Waals surface area (Å²) < 4.78 is 24.5. The second-order valence-corrected chi connectivity index (χ2v) is 7.28. The lowest BCUT2D eigenvalue weighted by atomic mass is 9.99. The van der Waals surface area contributed by atoms with Crippen LogP contribution in [-0.4, -0.2) is 25.7 Å². The van der Waals surface area contributed by atoms with Gasteiger partial charge in [0.05, 0.1) is 16.7 Å². The summed E-state index contributed by atoms with van der Waals surface area (Å²) in [5.41, 5.74) is 1.42. The molecule has 2 rings (SSSR count). The number of carboxylic acid groups (broad SMARTS) is 1. The highest BCUT2D eigenvalue weighted by molar-refractivity contribution is 7.89. The number of hydrazone groups is 1. The van der Waals surface area contributed by atoms with Crippen molar-refractivity contribution in [3.05, 3.63) is 65.2 Å². The van der Waals surface area contributed by atoms with E-state index in [9.17, 15) is 13.2 Å². The van der Waals surface area contributed by atoms with E-state index in [1.807, 2.05) is 0 Å². The molecule has 7 heteroatoms. The molecular formula is C18H20N2O4S. The van der Waals surface area contributed by atoms with Gasteiger partial charge in [-0.15, -0.1) is 0 Å². The van der Waals surface area contributed by atoms with Gasteiger partial charge in [-0.2, -0.15) is 13.5 Å². The monoisotopic (exact) mass is 360 g/mol. The Morgan fingerprint density at radius 3 is 2.44 bits per heavy atom. The molecule has 0 saturated carbocycles. The van der Waals surface area contributed by atoms with E-state index in [-0.39, 0.29) is 10.5 Å². The van der Waals surface area contributed by atoms with E-state index >= 15 is 0 Å². The zero-order valence-corrected chi connectivity index (χ0v) is 14.8. The number of carboxylic acids is 1. The van der Waals surface area contributed by atoms with Crippen LogP contribution in [-0.2, 0) is 10.0 Å². The summed E-state index contributed by atoms with van der Waals surface area (Å²) in [7, 11) is -3.81. The summed E-state index contributed by atoms with van der Waals surface area (Å²) in [5, 5.41) is 12.8. The second-order valence-electron chi connectivity index (χ2n) is 5.62. The highest BCUT2D eigenvalue weighted by Crippen LogP contribution is 2.20. The first-order chi connectivity index (χ1) is 11.8. The number of nitrogens with zero attached hydrogens (tertiary/aromatic N) is 1. The van der Waals surface area contributed by atoms with Crippen molar-refractivity contribution >= 4 is 22.2 Å². The molecule has 2 N–H and O–H groups in total. The smallest absolute Gasteiger partial charge is 0.336 e. The first-order valence-corrected chi connectivity index (χ1v) is 9.30. The lowest BCUT2D eigenvalue weighted by Crippen LogP contribution is -2.18. The Bertz CT molecular complexity index is 874. The molecule has 0 fully saturated rings. The maximum Gasteiger partial charge on any atom is 0.336 e. The summed E-state index contributed by atoms with van der Waals surface area (Å²) in [6, 6.07) is 12.8. The fraction of sp³-hybridized carbons (Fsp3) is 0.222. The van der Waals surface area contributed by atoms with Crippen LogP contribution in [0.3, 0.4) is 0 Å². The van der Waals surface area contributed by atoms with Crippen LogP contribution in [0, 0.1) is 0 Å². The van der Waals surface area contributed by atoms with Gasteiger partial charge in [0.2, 0.25) is 0 Å². The van der Waals surface area contributed by atoms with Crippen molar-refractivity contribution in [2.24, 2.45) is 5.10 Å². The quantitative estimate of drug-likeness (QED) is 0.585. The Balaban J connectivity index is 2.15. The number of carbonyl (C=O) groups is 1. The number of hydrogen-bond acceptors (Lipinski definition) is 4. The fourth-order valence-corrected chi connectivity index (χ4v) is 3.02. The predicted molar refractivity (Wildman–Crippen MR) is 96.5 cm³/mol. The molecule has 0 aliphatic rings. The first kappa shape index (κ1) is 18.7. The molecule has 0 heterocycles. The second kappa shape index (κ2) is 7.94. The average molecular weight is 360 g/mol. The minimum Gasteiger partial charge on any atom is -0.478 e. The third kappa shape index (κ3) is 4.67. The van der Waals surface area contributed by atoms with Crippen molar-refractivity contribution in [3.63, 3.8) is 0 Å². The largest absolute Gasteiger partial charge is 0.478 e. The highest BCUT2D eigenvalue weighted by Gasteiger charge is 2.14. The van der Waals surface area contributed by atoms with Gasteiger partial charge in [-0.25, -0.2) is 9.63 Å². The SMILES string of the molecule is CCC(C)c1ccc(S(=O)(=O)NN=Cc2ccccc2C(=O)O)cc1. The summed E-state index contributed by atoms with van der Waals surface area (Å²) in [6.45, 7) is 4.15. The van der Waals surface area contributed by atoms with Crippen LogP contribution < -0.4 is 4.83 Å². The number of rotatable bonds is 7. The van der Waals surface area contributed by atoms with Gasteiger partial charge >= 0.3 is 5.97 Å². The van der Waals surface area contributed by atoms with Gasteiger partial charge in [0.15, 0.2) is 0 Å². The molecule has 2 aromatic rings. The van der Waals surface area contributed by atoms with E-state index in [4.69, 9.17) is 5.11 Å². The first-order valence-electron chi connectivity index (χ1n) is 7.82. The third-order valence-electron chi connectivity index (χ3n) is 3.94. The normalized spacial score (nSPS) is 12.9. The van der Waals surface area contributed by atoms with Crippen molar-refractivity contribution in [1.29, 1.82) is 0 Å². The predicted octanol–water partition coefficient (Wildman–Crippen LogP) is 3.21. The molecule has 6 nitrogen and oxygen atoms in total. The van der Waals surface area contributed by atoms with Gasteiger partial charge < -0.3 is 5.11 Å². The maximum atomic E-state index is 12.3. The van der Waals surface area contributed by atoms with Gasteiger partial charge in [0.25, 0.3) is 10.0 Å². The van der Waals surface area contributed by atoms with Crippen molar-refractivity contribution in [2.75, 3.05) is 0 Å². The average Bonchev–Trinajstić information content (AvgIpc) is 2.61. The highest BCUT2D eigenvalue weighted by atomic mass is 32.2. The van der Waals surface area contributed by atoms with E-state index < -0.39 is 16.0 Å². The van der Waals surface area contributed by atoms with E-state index in [2.05, 4.69) is 23.8 Å². The number of hydrogen-bond donors (Lipinski definition) is 2. The zero-order valence-electron chi connectivity index (χ0n) is 14.0. The van der Waals surface area contributed by atoms with E-state index in [0.29, 0.717) is 11.5 Å². The topological polar surface area (TPSA) is 95.8 Å². The molecule has 1 unspecified atom stereocenters. The molecule has 0 aliphatic carbocycles. The van der Waals surface area contributed by atoms with Gasteiger partial charge in [0.1, 0.15) is 0 Å². The summed E-state index contributed by atoms with van der Waals surface area (Å²) in [5.74, 6) is -0.749. The Morgan fingerprint density at radius 2 is 1.84 bits per heavy atom. The minimum absolute atomic E-state index is 0.0448. The maximum absolute atomic E-state index is 12.3. The molecule has 0 radical (unpaired) electrons. The number of sulfonamides is 1. The van der Waals surface area contributed by atoms with Crippen molar-refractivity contribution in [2.45, 2.75) is 31.1 Å². The summed E-state index contributed by atoms with van der Waals surface area (Å²) in [6.07, 6.45) is 2.14. The molecule has 132 valence electrons. The van der Waals surface area contributed by atoms with Gasteiger partial charge in [-0.3, -0.25) is 0 Å². The number of nitrogens with one attached hydrogen (secondary N) is 1. The van der Waals surface area contributed by atoms with Gasteiger partial charge in [0, 0.05) is 5.56 Å². The van der Waals surface area contributed by atoms with Crippen molar-refractivity contribution in [1.82, 2.24) is 4.83 Å². The Kier molecular flexibility index (Phi) is 5.93. The van der Waals surface area contributed by atoms with Crippen LogP contribution >= 0.6 is 0 Å². The molecule has 1 atom stereocenters. The van der Waals surface area contributed by atoms with Crippen molar-refractivity contribution in [3.8, 4) is 0 Å². The molecule has 0 aliphatic heterocycles. The molecule has 2 aromatic carbocycles. The number of aromatic carboxylic acids is 1. The van der Waals surface area contributed by atoms with E-state index in [1.165, 1.54) is 24.4 Å². The standard InChI is InChI=1S/C18H20N2O4S/c1-3-13(2)14-8-10-16(11-9-14)25(23,24)20-19-12-15-6-4-5-7-17(15)18(21)22/h4-13,20H,3H2,1-2H3,(H,21,22).